The number of pyridine rings is 2. The summed E-state index contributed by atoms with van der Waals surface area (Å²) in [7, 11) is 0. The fourth-order valence-electron chi connectivity index (χ4n) is 4.91. The summed E-state index contributed by atoms with van der Waals surface area (Å²) in [5.74, 6) is 1.00. The van der Waals surface area contributed by atoms with Crippen molar-refractivity contribution in [2.45, 2.75) is 25.7 Å². The summed E-state index contributed by atoms with van der Waals surface area (Å²) in [5.41, 5.74) is 11.1. The van der Waals surface area contributed by atoms with Gasteiger partial charge in [-0.05, 0) is 53.9 Å². The van der Waals surface area contributed by atoms with Crippen molar-refractivity contribution < 1.29 is 4.57 Å². The van der Waals surface area contributed by atoms with Crippen molar-refractivity contribution in [3.05, 3.63) is 101 Å². The van der Waals surface area contributed by atoms with Crippen molar-refractivity contribution in [3.8, 4) is 28.3 Å². The minimum Gasteiger partial charge on any atom is -0.188 e. The highest BCUT2D eigenvalue weighted by atomic mass is 15.1. The van der Waals surface area contributed by atoms with Crippen LogP contribution in [0.25, 0.3) is 28.3 Å². The van der Waals surface area contributed by atoms with Gasteiger partial charge in [0.2, 0.25) is 0 Å². The number of nitrogens with zero attached hydrogens (tertiary/aromatic N) is 2. The van der Waals surface area contributed by atoms with Gasteiger partial charge in [0.1, 0.15) is 17.6 Å². The highest BCUT2D eigenvalue weighted by Crippen LogP contribution is 2.38. The molecule has 0 unspecified atom stereocenters. The third kappa shape index (κ3) is 2.27. The zero-order valence-electron chi connectivity index (χ0n) is 15.7. The van der Waals surface area contributed by atoms with Crippen LogP contribution in [-0.2, 0) is 25.7 Å². The molecule has 2 aliphatic carbocycles. The molecule has 0 saturated heterocycles. The summed E-state index contributed by atoms with van der Waals surface area (Å²) < 4.78 is 2.43. The molecule has 4 aromatic rings. The van der Waals surface area contributed by atoms with E-state index in [1.807, 2.05) is 12.3 Å². The molecule has 0 bridgehead atoms. The Morgan fingerprint density at radius 3 is 1.68 bits per heavy atom. The molecule has 0 aliphatic heterocycles. The quantitative estimate of drug-likeness (QED) is 0.441. The second-order valence-electron chi connectivity index (χ2n) is 7.73. The molecule has 2 nitrogen and oxygen atoms in total. The maximum atomic E-state index is 4.77. The zero-order chi connectivity index (χ0) is 18.5. The molecule has 134 valence electrons. The Morgan fingerprint density at radius 2 is 1.11 bits per heavy atom. The Hall–Kier alpha value is -3.26. The number of benzene rings is 2. The summed E-state index contributed by atoms with van der Waals surface area (Å²) in [5, 5.41) is 0. The summed E-state index contributed by atoms with van der Waals surface area (Å²) >= 11 is 0. The van der Waals surface area contributed by atoms with Gasteiger partial charge in [0, 0.05) is 28.3 Å². The van der Waals surface area contributed by atoms with E-state index in [0.29, 0.717) is 0 Å². The van der Waals surface area contributed by atoms with E-state index in [4.69, 9.17) is 4.98 Å². The highest BCUT2D eigenvalue weighted by Gasteiger charge is 2.32. The van der Waals surface area contributed by atoms with Gasteiger partial charge in [0.25, 0.3) is 0 Å². The number of hydrogen-bond acceptors (Lipinski definition) is 1. The van der Waals surface area contributed by atoms with Crippen LogP contribution in [0.5, 0.6) is 0 Å². The van der Waals surface area contributed by atoms with E-state index >= 15 is 0 Å². The Balaban J connectivity index is 1.77. The Kier molecular flexibility index (Phi) is 3.45. The van der Waals surface area contributed by atoms with Crippen LogP contribution in [0.3, 0.4) is 0 Å². The number of aryl methyl sites for hydroxylation is 4. The lowest BCUT2D eigenvalue weighted by Gasteiger charge is -2.26. The van der Waals surface area contributed by atoms with Gasteiger partial charge in [-0.1, -0.05) is 54.6 Å². The lowest BCUT2D eigenvalue weighted by molar-refractivity contribution is -0.577. The largest absolute Gasteiger partial charge is 0.328 e. The molecule has 2 heteroatoms. The van der Waals surface area contributed by atoms with E-state index in [2.05, 4.69) is 71.3 Å². The first-order valence-corrected chi connectivity index (χ1v) is 10.1. The van der Waals surface area contributed by atoms with Crippen molar-refractivity contribution in [2.24, 2.45) is 0 Å². The number of fused-ring (bicyclic) bond motifs is 6. The maximum absolute atomic E-state index is 4.77. The lowest BCUT2D eigenvalue weighted by Crippen LogP contribution is -2.41. The first-order valence-electron chi connectivity index (χ1n) is 10.1. The smallest absolute Gasteiger partial charge is 0.188 e. The molecule has 2 aliphatic rings. The molecule has 0 amide bonds. The van der Waals surface area contributed by atoms with E-state index in [9.17, 15) is 0 Å². The van der Waals surface area contributed by atoms with Crippen LogP contribution in [0, 0.1) is 0 Å². The predicted molar refractivity (Wildman–Crippen MR) is 111 cm³/mol. The van der Waals surface area contributed by atoms with Gasteiger partial charge >= 0.3 is 5.82 Å². The number of rotatable bonds is 1. The van der Waals surface area contributed by atoms with Crippen molar-refractivity contribution in [2.75, 3.05) is 0 Å². The van der Waals surface area contributed by atoms with Crippen molar-refractivity contribution >= 4 is 0 Å². The van der Waals surface area contributed by atoms with Crippen LogP contribution in [-0.4, -0.2) is 4.98 Å². The Bertz CT molecular complexity index is 1130. The third-order valence-electron chi connectivity index (χ3n) is 6.15. The normalized spacial score (nSPS) is 13.9. The predicted octanol–water partition coefficient (Wildman–Crippen LogP) is 4.89. The minimum absolute atomic E-state index is 1.00. The molecule has 0 fully saturated rings. The Morgan fingerprint density at radius 1 is 0.571 bits per heavy atom. The first-order chi connectivity index (χ1) is 13.9. The summed E-state index contributed by atoms with van der Waals surface area (Å²) in [6.45, 7) is 0. The topological polar surface area (TPSA) is 16.8 Å². The van der Waals surface area contributed by atoms with Crippen molar-refractivity contribution in [1.82, 2.24) is 4.98 Å². The van der Waals surface area contributed by atoms with Gasteiger partial charge < -0.3 is 0 Å². The first kappa shape index (κ1) is 15.8. The molecule has 2 aromatic carbocycles. The van der Waals surface area contributed by atoms with Crippen LogP contribution >= 0.6 is 0 Å². The van der Waals surface area contributed by atoms with Crippen molar-refractivity contribution in [1.29, 1.82) is 0 Å². The van der Waals surface area contributed by atoms with Crippen LogP contribution < -0.4 is 4.57 Å². The zero-order valence-corrected chi connectivity index (χ0v) is 15.7. The molecule has 2 aromatic heterocycles. The average molecular weight is 361 g/mol. The number of aromatic nitrogens is 2. The molecule has 6 rings (SSSR count). The van der Waals surface area contributed by atoms with Gasteiger partial charge in [0.15, 0.2) is 0 Å². The van der Waals surface area contributed by atoms with E-state index in [1.165, 1.54) is 44.8 Å². The van der Waals surface area contributed by atoms with Crippen LogP contribution in [0.1, 0.15) is 22.3 Å². The summed E-state index contributed by atoms with van der Waals surface area (Å²) in [6.07, 6.45) is 6.31. The van der Waals surface area contributed by atoms with Gasteiger partial charge in [-0.15, -0.1) is 0 Å². The van der Waals surface area contributed by atoms with Gasteiger partial charge in [-0.2, -0.15) is 4.57 Å². The van der Waals surface area contributed by atoms with E-state index in [1.54, 1.807) is 0 Å². The van der Waals surface area contributed by atoms with E-state index in [-0.39, 0.29) is 0 Å². The lowest BCUT2D eigenvalue weighted by atomic mass is 9.83. The van der Waals surface area contributed by atoms with Crippen LogP contribution in [0.4, 0.5) is 0 Å². The molecule has 0 N–H and O–H groups in total. The molecule has 0 radical (unpaired) electrons. The van der Waals surface area contributed by atoms with Crippen LogP contribution in [0.15, 0.2) is 79.0 Å². The van der Waals surface area contributed by atoms with Crippen molar-refractivity contribution in [3.63, 3.8) is 0 Å². The molecule has 0 spiro atoms. The van der Waals surface area contributed by atoms with Gasteiger partial charge in [0.05, 0.1) is 0 Å². The molecule has 2 heterocycles. The monoisotopic (exact) mass is 361 g/mol. The van der Waals surface area contributed by atoms with Gasteiger partial charge in [-0.3, -0.25) is 0 Å². The second kappa shape index (κ2) is 6.13. The molecule has 0 atom stereocenters. The number of hydrogen-bond donors (Lipinski definition) is 0. The summed E-state index contributed by atoms with van der Waals surface area (Å²) in [4.78, 5) is 4.77. The molecular formula is C26H21N2+. The maximum Gasteiger partial charge on any atom is 0.328 e. The standard InChI is InChI=1S/C26H21N2/c1-3-9-22-18(7-1)12-14-20-17-21-15-13-19-8-2-4-10-23(19)26(21)28(25(20)22)24-11-5-6-16-27-24/h1-11,16-17H,12-15H2/q+1. The second-order valence-corrected chi connectivity index (χ2v) is 7.73. The summed E-state index contributed by atoms with van der Waals surface area (Å²) in [6, 6.07) is 26.4. The average Bonchev–Trinajstić information content (AvgIpc) is 2.78. The van der Waals surface area contributed by atoms with E-state index in [0.717, 1.165) is 31.5 Å². The molecular weight excluding hydrogens is 340 g/mol. The molecule has 28 heavy (non-hydrogen) atoms. The van der Waals surface area contributed by atoms with Crippen LogP contribution in [0.2, 0.25) is 0 Å². The van der Waals surface area contributed by atoms with E-state index < -0.39 is 0 Å². The SMILES string of the molecule is c1ccc(-[n+]2c3c(cc4c2-c2ccccc2CC4)CCc2ccccc2-3)nc1. The highest BCUT2D eigenvalue weighted by molar-refractivity contribution is 5.74. The fraction of sp³-hybridized carbons (Fsp3) is 0.154. The third-order valence-corrected chi connectivity index (χ3v) is 6.15. The fourth-order valence-corrected chi connectivity index (χ4v) is 4.91. The Labute approximate surface area is 165 Å². The molecule has 0 saturated carbocycles. The van der Waals surface area contributed by atoms with Gasteiger partial charge in [-0.25, -0.2) is 0 Å². The minimum atomic E-state index is 1.00.